The Kier molecular flexibility index (Phi) is 5.80. The maximum absolute atomic E-state index is 12.2. The van der Waals surface area contributed by atoms with Crippen LogP contribution in [0.5, 0.6) is 5.75 Å². The normalized spacial score (nSPS) is 16.0. The zero-order valence-electron chi connectivity index (χ0n) is 13.8. The first-order chi connectivity index (χ1) is 11.3. The fourth-order valence-corrected chi connectivity index (χ4v) is 3.36. The number of amides is 1. The molecule has 1 aliphatic rings. The summed E-state index contributed by atoms with van der Waals surface area (Å²) in [5.74, 6) is 0.411. The molecule has 0 atom stereocenters. The van der Waals surface area contributed by atoms with Crippen LogP contribution < -0.4 is 4.74 Å². The lowest BCUT2D eigenvalue weighted by Gasteiger charge is -2.35. The minimum atomic E-state index is -3.21. The van der Waals surface area contributed by atoms with Crippen LogP contribution in [-0.4, -0.2) is 62.6 Å². The Labute approximate surface area is 142 Å². The summed E-state index contributed by atoms with van der Waals surface area (Å²) < 4.78 is 29.9. The first-order valence-corrected chi connectivity index (χ1v) is 9.50. The molecule has 1 aromatic carbocycles. The molecule has 24 heavy (non-hydrogen) atoms. The van der Waals surface area contributed by atoms with E-state index in [9.17, 15) is 13.2 Å². The third-order valence-corrected chi connectivity index (χ3v) is 5.54. The zero-order chi connectivity index (χ0) is 17.7. The Hall–Kier alpha value is -2.11. The number of hydrogen-bond donors (Lipinski definition) is 0. The van der Waals surface area contributed by atoms with Crippen molar-refractivity contribution >= 4 is 15.9 Å². The molecule has 1 saturated heterocycles. The fourth-order valence-electron chi connectivity index (χ4n) is 2.61. The van der Waals surface area contributed by atoms with Crippen molar-refractivity contribution in [3.05, 3.63) is 29.8 Å². The molecule has 0 radical (unpaired) electrons. The van der Waals surface area contributed by atoms with Crippen molar-refractivity contribution < 1.29 is 17.9 Å². The Balaban J connectivity index is 1.81. The second-order valence-electron chi connectivity index (χ2n) is 5.82. The van der Waals surface area contributed by atoms with Crippen LogP contribution in [0.1, 0.15) is 18.4 Å². The topological polar surface area (TPSA) is 90.7 Å². The van der Waals surface area contributed by atoms with Crippen LogP contribution >= 0.6 is 0 Å². The van der Waals surface area contributed by atoms with Crippen molar-refractivity contribution in [2.24, 2.45) is 0 Å². The van der Waals surface area contributed by atoms with E-state index in [2.05, 4.69) is 0 Å². The summed E-state index contributed by atoms with van der Waals surface area (Å²) in [6.07, 6.45) is 2.42. The van der Waals surface area contributed by atoms with Crippen LogP contribution in [0.2, 0.25) is 0 Å². The second kappa shape index (κ2) is 7.64. The van der Waals surface area contributed by atoms with Gasteiger partial charge in [-0.05, 0) is 37.1 Å². The van der Waals surface area contributed by atoms with Gasteiger partial charge in [0, 0.05) is 26.2 Å². The highest BCUT2D eigenvalue weighted by Gasteiger charge is 2.29. The Bertz CT molecular complexity index is 717. The number of rotatable bonds is 5. The Morgan fingerprint density at radius 2 is 1.92 bits per heavy atom. The fraction of sp³-hybridized carbons (Fsp3) is 0.500. The molecule has 130 valence electrons. The summed E-state index contributed by atoms with van der Waals surface area (Å²) in [7, 11) is -1.64. The molecule has 0 spiro atoms. The van der Waals surface area contributed by atoms with Crippen molar-refractivity contribution in [2.75, 3.05) is 33.0 Å². The summed E-state index contributed by atoms with van der Waals surface area (Å²) in [6.45, 7) is 0.957. The SMILES string of the molecule is CN(C1CCN(C(=O)COc2ccc(C#N)cc2)CC1)S(C)(=O)=O. The van der Waals surface area contributed by atoms with E-state index >= 15 is 0 Å². The van der Waals surface area contributed by atoms with Crippen molar-refractivity contribution in [1.29, 1.82) is 5.26 Å². The van der Waals surface area contributed by atoms with Gasteiger partial charge in [0.25, 0.3) is 5.91 Å². The third kappa shape index (κ3) is 4.69. The van der Waals surface area contributed by atoms with Crippen molar-refractivity contribution in [3.63, 3.8) is 0 Å². The average Bonchev–Trinajstić information content (AvgIpc) is 2.58. The molecule has 2 rings (SSSR count). The van der Waals surface area contributed by atoms with E-state index in [0.717, 1.165) is 0 Å². The number of benzene rings is 1. The van der Waals surface area contributed by atoms with Crippen molar-refractivity contribution in [2.45, 2.75) is 18.9 Å². The Morgan fingerprint density at radius 3 is 2.42 bits per heavy atom. The van der Waals surface area contributed by atoms with E-state index in [1.54, 1.807) is 36.2 Å². The molecule has 0 N–H and O–H groups in total. The largest absolute Gasteiger partial charge is 0.484 e. The van der Waals surface area contributed by atoms with Gasteiger partial charge >= 0.3 is 0 Å². The standard InChI is InChI=1S/C16H21N3O4S/c1-18(24(2,21)22)14-7-9-19(10-8-14)16(20)12-23-15-5-3-13(11-17)4-6-15/h3-6,14H,7-10,12H2,1-2H3. The molecule has 0 unspecified atom stereocenters. The van der Waals surface area contributed by atoms with Gasteiger partial charge < -0.3 is 9.64 Å². The van der Waals surface area contributed by atoms with E-state index in [0.29, 0.717) is 37.2 Å². The van der Waals surface area contributed by atoms with Crippen LogP contribution in [0.3, 0.4) is 0 Å². The monoisotopic (exact) mass is 351 g/mol. The highest BCUT2D eigenvalue weighted by Crippen LogP contribution is 2.18. The minimum absolute atomic E-state index is 0.0662. The number of carbonyl (C=O) groups excluding carboxylic acids is 1. The molecule has 0 saturated carbocycles. The van der Waals surface area contributed by atoms with E-state index in [1.807, 2.05) is 6.07 Å². The Morgan fingerprint density at radius 1 is 1.33 bits per heavy atom. The van der Waals surface area contributed by atoms with Gasteiger partial charge in [-0.3, -0.25) is 4.79 Å². The van der Waals surface area contributed by atoms with Gasteiger partial charge in [-0.15, -0.1) is 0 Å². The number of ether oxygens (including phenoxy) is 1. The predicted molar refractivity (Wildman–Crippen MR) is 88.9 cm³/mol. The molecule has 1 heterocycles. The first-order valence-electron chi connectivity index (χ1n) is 7.65. The summed E-state index contributed by atoms with van der Waals surface area (Å²) in [6, 6.07) is 8.52. The lowest BCUT2D eigenvalue weighted by molar-refractivity contribution is -0.134. The van der Waals surface area contributed by atoms with Gasteiger partial charge in [0.15, 0.2) is 6.61 Å². The van der Waals surface area contributed by atoms with E-state index in [-0.39, 0.29) is 18.6 Å². The van der Waals surface area contributed by atoms with Crippen LogP contribution in [0, 0.1) is 11.3 Å². The lowest BCUT2D eigenvalue weighted by Crippen LogP contribution is -2.48. The minimum Gasteiger partial charge on any atom is -0.484 e. The quantitative estimate of drug-likeness (QED) is 0.783. The van der Waals surface area contributed by atoms with E-state index < -0.39 is 10.0 Å². The van der Waals surface area contributed by atoms with Gasteiger partial charge in [0.2, 0.25) is 10.0 Å². The average molecular weight is 351 g/mol. The highest BCUT2D eigenvalue weighted by molar-refractivity contribution is 7.88. The molecule has 1 aliphatic heterocycles. The van der Waals surface area contributed by atoms with Gasteiger partial charge in [0.1, 0.15) is 5.75 Å². The third-order valence-electron chi connectivity index (χ3n) is 4.20. The number of nitriles is 1. The highest BCUT2D eigenvalue weighted by atomic mass is 32.2. The van der Waals surface area contributed by atoms with Crippen molar-refractivity contribution in [1.82, 2.24) is 9.21 Å². The molecular formula is C16H21N3O4S. The van der Waals surface area contributed by atoms with Crippen LogP contribution in [-0.2, 0) is 14.8 Å². The smallest absolute Gasteiger partial charge is 0.260 e. The number of piperidine rings is 1. The number of sulfonamides is 1. The molecule has 8 heteroatoms. The maximum Gasteiger partial charge on any atom is 0.260 e. The number of carbonyl (C=O) groups is 1. The van der Waals surface area contributed by atoms with Crippen LogP contribution in [0.15, 0.2) is 24.3 Å². The van der Waals surface area contributed by atoms with Gasteiger partial charge in [0.05, 0.1) is 17.9 Å². The van der Waals surface area contributed by atoms with Gasteiger partial charge in [-0.2, -0.15) is 5.26 Å². The number of likely N-dealkylation sites (tertiary alicyclic amines) is 1. The summed E-state index contributed by atoms with van der Waals surface area (Å²) in [5, 5.41) is 8.73. The maximum atomic E-state index is 12.2. The van der Waals surface area contributed by atoms with Crippen LogP contribution in [0.25, 0.3) is 0 Å². The molecule has 0 bridgehead atoms. The summed E-state index contributed by atoms with van der Waals surface area (Å²) in [4.78, 5) is 13.9. The predicted octanol–water partition coefficient (Wildman–Crippen LogP) is 0.819. The second-order valence-corrected chi connectivity index (χ2v) is 7.86. The number of hydrogen-bond acceptors (Lipinski definition) is 5. The van der Waals surface area contributed by atoms with E-state index in [1.165, 1.54) is 10.6 Å². The molecule has 7 nitrogen and oxygen atoms in total. The van der Waals surface area contributed by atoms with Crippen molar-refractivity contribution in [3.8, 4) is 11.8 Å². The number of nitrogens with zero attached hydrogens (tertiary/aromatic N) is 3. The molecule has 1 fully saturated rings. The summed E-state index contributed by atoms with van der Waals surface area (Å²) >= 11 is 0. The molecule has 1 aromatic rings. The molecular weight excluding hydrogens is 330 g/mol. The van der Waals surface area contributed by atoms with Gasteiger partial charge in [-0.25, -0.2) is 12.7 Å². The molecule has 0 aromatic heterocycles. The van der Waals surface area contributed by atoms with Crippen LogP contribution in [0.4, 0.5) is 0 Å². The zero-order valence-corrected chi connectivity index (χ0v) is 14.6. The first kappa shape index (κ1) is 18.2. The van der Waals surface area contributed by atoms with E-state index in [4.69, 9.17) is 10.00 Å². The molecule has 1 amide bonds. The summed E-state index contributed by atoms with van der Waals surface area (Å²) in [5.41, 5.74) is 0.533. The molecule has 0 aliphatic carbocycles. The van der Waals surface area contributed by atoms with Gasteiger partial charge in [-0.1, -0.05) is 0 Å². The lowest BCUT2D eigenvalue weighted by atomic mass is 10.1.